The van der Waals surface area contributed by atoms with Gasteiger partial charge < -0.3 is 8.83 Å². The van der Waals surface area contributed by atoms with Gasteiger partial charge in [0, 0.05) is 0 Å². The van der Waals surface area contributed by atoms with Gasteiger partial charge in [-0.2, -0.15) is 0 Å². The third-order valence-corrected chi connectivity index (χ3v) is 1.60. The summed E-state index contributed by atoms with van der Waals surface area (Å²) < 4.78 is 9.72. The maximum absolute atomic E-state index is 10.3. The molecule has 0 unspecified atom stereocenters. The van der Waals surface area contributed by atoms with E-state index in [0.717, 1.165) is 0 Å². The standard InChI is InChI=1S/C6H3N3O4S/c10-9(11)4-2-1-3(12-4)5-7-8-6(14)13-5/h1-2H,(H,8,14). The number of aromatic amines is 1. The third kappa shape index (κ3) is 1.42. The lowest BCUT2D eigenvalue weighted by molar-refractivity contribution is -0.401. The lowest BCUT2D eigenvalue weighted by Gasteiger charge is -1.84. The molecule has 0 bridgehead atoms. The fourth-order valence-corrected chi connectivity index (χ4v) is 1.00. The zero-order chi connectivity index (χ0) is 10.1. The molecule has 0 fully saturated rings. The predicted octanol–water partition coefficient (Wildman–Crippen LogP) is 1.90. The molecule has 0 saturated heterocycles. The third-order valence-electron chi connectivity index (χ3n) is 1.42. The fraction of sp³-hybridized carbons (Fsp3) is 0. The lowest BCUT2D eigenvalue weighted by Crippen LogP contribution is -1.82. The van der Waals surface area contributed by atoms with Crippen LogP contribution in [0.5, 0.6) is 0 Å². The molecule has 2 heterocycles. The van der Waals surface area contributed by atoms with Crippen molar-refractivity contribution >= 4 is 18.1 Å². The highest BCUT2D eigenvalue weighted by atomic mass is 32.1. The highest BCUT2D eigenvalue weighted by molar-refractivity contribution is 7.71. The maximum atomic E-state index is 10.3. The average Bonchev–Trinajstić information content (AvgIpc) is 2.70. The summed E-state index contributed by atoms with van der Waals surface area (Å²) >= 11 is 4.63. The molecule has 0 aliphatic heterocycles. The Balaban J connectivity index is 2.43. The van der Waals surface area contributed by atoms with Crippen molar-refractivity contribution in [3.05, 3.63) is 27.1 Å². The van der Waals surface area contributed by atoms with Crippen LogP contribution in [-0.4, -0.2) is 15.1 Å². The largest absolute Gasteiger partial charge is 0.433 e. The Morgan fingerprint density at radius 1 is 1.50 bits per heavy atom. The lowest BCUT2D eigenvalue weighted by atomic mass is 10.4. The number of H-pyrrole nitrogens is 1. The van der Waals surface area contributed by atoms with Crippen molar-refractivity contribution in [2.75, 3.05) is 0 Å². The first kappa shape index (κ1) is 8.63. The Bertz CT molecular complexity index is 525. The second kappa shape index (κ2) is 3.07. The van der Waals surface area contributed by atoms with Crippen LogP contribution >= 0.6 is 12.2 Å². The summed E-state index contributed by atoms with van der Waals surface area (Å²) in [5.74, 6) is -0.128. The van der Waals surface area contributed by atoms with Crippen molar-refractivity contribution < 1.29 is 13.8 Å². The number of hydrogen-bond acceptors (Lipinski definition) is 6. The van der Waals surface area contributed by atoms with Crippen LogP contribution in [0.2, 0.25) is 0 Å². The molecule has 0 aliphatic carbocycles. The molecule has 8 heteroatoms. The Morgan fingerprint density at radius 2 is 2.29 bits per heavy atom. The number of furan rings is 1. The smallest absolute Gasteiger partial charge is 0.406 e. The normalized spacial score (nSPS) is 10.3. The predicted molar refractivity (Wildman–Crippen MR) is 46.0 cm³/mol. The number of nitro groups is 1. The van der Waals surface area contributed by atoms with Gasteiger partial charge >= 0.3 is 5.88 Å². The highest BCUT2D eigenvalue weighted by Crippen LogP contribution is 2.23. The summed E-state index contributed by atoms with van der Waals surface area (Å²) in [4.78, 5) is 9.72. The van der Waals surface area contributed by atoms with Crippen molar-refractivity contribution in [2.45, 2.75) is 0 Å². The molecular weight excluding hydrogens is 210 g/mol. The van der Waals surface area contributed by atoms with Crippen molar-refractivity contribution in [1.29, 1.82) is 0 Å². The molecule has 2 rings (SSSR count). The van der Waals surface area contributed by atoms with Crippen LogP contribution in [-0.2, 0) is 0 Å². The minimum atomic E-state index is -0.648. The van der Waals surface area contributed by atoms with E-state index in [0.29, 0.717) is 0 Å². The van der Waals surface area contributed by atoms with Crippen LogP contribution in [0.3, 0.4) is 0 Å². The molecule has 7 nitrogen and oxygen atoms in total. The molecule has 0 atom stereocenters. The van der Waals surface area contributed by atoms with E-state index in [1.54, 1.807) is 0 Å². The van der Waals surface area contributed by atoms with Gasteiger partial charge in [0.2, 0.25) is 0 Å². The number of nitrogens with zero attached hydrogens (tertiary/aromatic N) is 2. The second-order valence-corrected chi connectivity index (χ2v) is 2.68. The first-order valence-corrected chi connectivity index (χ1v) is 3.88. The van der Waals surface area contributed by atoms with Crippen LogP contribution in [0.1, 0.15) is 0 Å². The van der Waals surface area contributed by atoms with Gasteiger partial charge in [-0.15, -0.1) is 5.10 Å². The van der Waals surface area contributed by atoms with E-state index in [1.807, 2.05) is 0 Å². The summed E-state index contributed by atoms with van der Waals surface area (Å²) in [5.41, 5.74) is 0. The molecule has 0 amide bonds. The van der Waals surface area contributed by atoms with Gasteiger partial charge in [-0.05, 0) is 18.3 Å². The molecule has 0 spiro atoms. The highest BCUT2D eigenvalue weighted by Gasteiger charge is 2.15. The van der Waals surface area contributed by atoms with E-state index in [1.165, 1.54) is 12.1 Å². The van der Waals surface area contributed by atoms with E-state index < -0.39 is 4.92 Å². The molecule has 0 aliphatic rings. The molecule has 72 valence electrons. The van der Waals surface area contributed by atoms with Gasteiger partial charge in [0.1, 0.15) is 4.92 Å². The van der Waals surface area contributed by atoms with Crippen LogP contribution in [0, 0.1) is 15.0 Å². The number of aromatic nitrogens is 2. The quantitative estimate of drug-likeness (QED) is 0.464. The second-order valence-electron chi connectivity index (χ2n) is 2.31. The summed E-state index contributed by atoms with van der Waals surface area (Å²) in [6, 6.07) is 2.59. The SMILES string of the molecule is O=[N+]([O-])c1ccc(-c2n[nH]c(=S)o2)o1. The monoisotopic (exact) mass is 213 g/mol. The number of hydrogen-bond donors (Lipinski definition) is 1. The average molecular weight is 213 g/mol. The molecule has 1 N–H and O–H groups in total. The molecule has 2 aromatic rings. The van der Waals surface area contributed by atoms with Gasteiger partial charge in [0.25, 0.3) is 10.7 Å². The Labute approximate surface area is 81.5 Å². The van der Waals surface area contributed by atoms with Crippen molar-refractivity contribution in [3.63, 3.8) is 0 Å². The first-order valence-electron chi connectivity index (χ1n) is 3.47. The zero-order valence-corrected chi connectivity index (χ0v) is 7.41. The minimum absolute atomic E-state index is 0.0825. The molecule has 14 heavy (non-hydrogen) atoms. The van der Waals surface area contributed by atoms with Crippen LogP contribution in [0.15, 0.2) is 21.0 Å². The van der Waals surface area contributed by atoms with Crippen LogP contribution < -0.4 is 0 Å². The maximum Gasteiger partial charge on any atom is 0.433 e. The van der Waals surface area contributed by atoms with Crippen molar-refractivity contribution in [1.82, 2.24) is 10.2 Å². The Hall–Kier alpha value is -1.96. The minimum Gasteiger partial charge on any atom is -0.406 e. The Morgan fingerprint density at radius 3 is 2.79 bits per heavy atom. The van der Waals surface area contributed by atoms with Gasteiger partial charge in [0.15, 0.2) is 5.76 Å². The summed E-state index contributed by atoms with van der Waals surface area (Å²) in [6.45, 7) is 0. The molecule has 0 aromatic carbocycles. The molecule has 0 saturated carbocycles. The van der Waals surface area contributed by atoms with Gasteiger partial charge in [-0.1, -0.05) is 0 Å². The molecule has 0 radical (unpaired) electrons. The van der Waals surface area contributed by atoms with E-state index >= 15 is 0 Å². The molecule has 2 aromatic heterocycles. The Kier molecular flexibility index (Phi) is 1.89. The summed E-state index contributed by atoms with van der Waals surface area (Å²) in [5, 5.41) is 16.3. The summed E-state index contributed by atoms with van der Waals surface area (Å²) in [7, 11) is 0. The van der Waals surface area contributed by atoms with Crippen molar-refractivity contribution in [2.24, 2.45) is 0 Å². The number of rotatable bonds is 2. The van der Waals surface area contributed by atoms with Gasteiger partial charge in [-0.3, -0.25) is 10.1 Å². The number of nitrogens with one attached hydrogen (secondary N) is 1. The van der Waals surface area contributed by atoms with Crippen molar-refractivity contribution in [3.8, 4) is 11.7 Å². The topological polar surface area (TPSA) is 98.1 Å². The van der Waals surface area contributed by atoms with E-state index in [2.05, 4.69) is 22.4 Å². The summed E-state index contributed by atoms with van der Waals surface area (Å²) in [6.07, 6.45) is 0. The van der Waals surface area contributed by atoms with Crippen LogP contribution in [0.25, 0.3) is 11.7 Å². The zero-order valence-electron chi connectivity index (χ0n) is 6.59. The van der Waals surface area contributed by atoms with E-state index in [-0.39, 0.29) is 22.4 Å². The van der Waals surface area contributed by atoms with E-state index in [4.69, 9.17) is 8.83 Å². The van der Waals surface area contributed by atoms with Gasteiger partial charge in [-0.25, -0.2) is 5.10 Å². The van der Waals surface area contributed by atoms with Crippen LogP contribution in [0.4, 0.5) is 5.88 Å². The van der Waals surface area contributed by atoms with E-state index in [9.17, 15) is 10.1 Å². The van der Waals surface area contributed by atoms with Gasteiger partial charge in [0.05, 0.1) is 6.07 Å². The first-order chi connectivity index (χ1) is 6.66. The molecular formula is C6H3N3O4S. The fourth-order valence-electron chi connectivity index (χ4n) is 0.876.